The van der Waals surface area contributed by atoms with Gasteiger partial charge in [-0.05, 0) is 0 Å². The van der Waals surface area contributed by atoms with Crippen LogP contribution in [-0.2, 0) is 23.7 Å². The van der Waals surface area contributed by atoms with Crippen molar-refractivity contribution in [3.05, 3.63) is 0 Å². The molecule has 3 heterocycles. The maximum absolute atomic E-state index is 10.3. The molecule has 0 unspecified atom stereocenters. The van der Waals surface area contributed by atoms with E-state index in [0.717, 1.165) is 0 Å². The predicted molar refractivity (Wildman–Crippen MR) is 83.2 cm³/mol. The third kappa shape index (κ3) is 4.04. The summed E-state index contributed by atoms with van der Waals surface area (Å²) >= 11 is 0. The van der Waals surface area contributed by atoms with Gasteiger partial charge < -0.3 is 64.5 Å². The first-order chi connectivity index (χ1) is 13.3. The van der Waals surface area contributed by atoms with Crippen molar-refractivity contribution < 1.29 is 64.5 Å². The van der Waals surface area contributed by atoms with E-state index in [1.54, 1.807) is 0 Å². The largest absolute Gasteiger partial charge is 0.394 e. The second-order valence-corrected chi connectivity index (χ2v) is 6.86. The van der Waals surface area contributed by atoms with E-state index in [4.69, 9.17) is 28.8 Å². The summed E-state index contributed by atoms with van der Waals surface area (Å²) in [6.45, 7) is -1.77. The van der Waals surface area contributed by atoms with Crippen molar-refractivity contribution in [1.82, 2.24) is 0 Å². The van der Waals surface area contributed by atoms with Crippen molar-refractivity contribution in [2.45, 2.75) is 73.8 Å². The maximum atomic E-state index is 10.3. The van der Waals surface area contributed by atoms with E-state index in [1.807, 2.05) is 0 Å². The fourth-order valence-electron chi connectivity index (χ4n) is 3.43. The number of rotatable bonds is 7. The van der Waals surface area contributed by atoms with Crippen molar-refractivity contribution in [2.24, 2.45) is 0 Å². The van der Waals surface area contributed by atoms with Gasteiger partial charge in [0.15, 0.2) is 18.9 Å². The highest BCUT2D eigenvalue weighted by molar-refractivity contribution is 4.94. The molecule has 0 bridgehead atoms. The summed E-state index contributed by atoms with van der Waals surface area (Å²) in [5.74, 6) is 0. The third-order valence-electron chi connectivity index (χ3n) is 5.05. The summed E-state index contributed by atoms with van der Waals surface area (Å²) in [7, 11) is 0. The molecular weight excluding hydrogens is 388 g/mol. The van der Waals surface area contributed by atoms with Gasteiger partial charge in [0.2, 0.25) is 0 Å². The van der Waals surface area contributed by atoms with Gasteiger partial charge in [0.25, 0.3) is 0 Å². The number of ether oxygens (including phenoxy) is 5. The van der Waals surface area contributed by atoms with Crippen LogP contribution in [0.5, 0.6) is 0 Å². The number of aliphatic hydroxyl groups is 8. The highest BCUT2D eigenvalue weighted by atomic mass is 16.8. The molecule has 13 nitrogen and oxygen atoms in total. The van der Waals surface area contributed by atoms with E-state index in [0.29, 0.717) is 0 Å². The van der Waals surface area contributed by atoms with Crippen LogP contribution in [0.25, 0.3) is 0 Å². The number of aliphatic hydroxyl groups excluding tert-OH is 8. The molecule has 3 aliphatic heterocycles. The summed E-state index contributed by atoms with van der Waals surface area (Å²) in [4.78, 5) is 0. The third-order valence-corrected chi connectivity index (χ3v) is 5.05. The summed E-state index contributed by atoms with van der Waals surface area (Å²) in [5.41, 5.74) is 0. The van der Waals surface area contributed by atoms with E-state index in [-0.39, 0.29) is 0 Å². The highest BCUT2D eigenvalue weighted by Crippen LogP contribution is 2.33. The second-order valence-electron chi connectivity index (χ2n) is 6.86. The molecule has 164 valence electrons. The Morgan fingerprint density at radius 2 is 1.07 bits per heavy atom. The van der Waals surface area contributed by atoms with Crippen LogP contribution in [0.15, 0.2) is 0 Å². The SMILES string of the molecule is OC[C@H]1O[C@@H](O[C@@H]2[C@@H](O[C@H]3[C@H](O)[C@@H](O)O[C@@H]3CO)O[C@H](CO)[C@H]2O)[C@@H](O)[C@@H]1O. The molecule has 28 heavy (non-hydrogen) atoms. The molecule has 0 radical (unpaired) electrons. The Hall–Kier alpha value is -0.520. The van der Waals surface area contributed by atoms with Gasteiger partial charge in [0.05, 0.1) is 19.8 Å². The fraction of sp³-hybridized carbons (Fsp3) is 1.00. The predicted octanol–water partition coefficient (Wildman–Crippen LogP) is -5.66. The molecule has 0 aromatic rings. The van der Waals surface area contributed by atoms with Crippen LogP contribution in [0, 0.1) is 0 Å². The van der Waals surface area contributed by atoms with Crippen molar-refractivity contribution in [3.8, 4) is 0 Å². The monoisotopic (exact) mass is 414 g/mol. The zero-order valence-electron chi connectivity index (χ0n) is 14.7. The first-order valence-corrected chi connectivity index (χ1v) is 8.82. The highest BCUT2D eigenvalue weighted by Gasteiger charge is 2.53. The second kappa shape index (κ2) is 9.09. The van der Waals surface area contributed by atoms with Gasteiger partial charge in [-0.25, -0.2) is 0 Å². The van der Waals surface area contributed by atoms with Gasteiger partial charge in [-0.1, -0.05) is 0 Å². The lowest BCUT2D eigenvalue weighted by Crippen LogP contribution is -2.47. The summed E-state index contributed by atoms with van der Waals surface area (Å²) in [6.07, 6.45) is -16.3. The normalized spacial score (nSPS) is 51.9. The fourth-order valence-corrected chi connectivity index (χ4v) is 3.43. The molecular formula is C15H26O13. The van der Waals surface area contributed by atoms with Gasteiger partial charge in [0, 0.05) is 0 Å². The zero-order valence-corrected chi connectivity index (χ0v) is 14.7. The molecule has 0 aliphatic carbocycles. The summed E-state index contributed by atoms with van der Waals surface area (Å²) in [6, 6.07) is 0. The molecule has 3 saturated heterocycles. The molecule has 3 rings (SSSR count). The van der Waals surface area contributed by atoms with Gasteiger partial charge in [-0.3, -0.25) is 0 Å². The quantitative estimate of drug-likeness (QED) is 0.196. The molecule has 8 N–H and O–H groups in total. The molecule has 0 aromatic heterocycles. The lowest BCUT2D eigenvalue weighted by atomic mass is 10.1. The minimum Gasteiger partial charge on any atom is -0.394 e. The van der Waals surface area contributed by atoms with E-state index in [2.05, 4.69) is 0 Å². The van der Waals surface area contributed by atoms with E-state index >= 15 is 0 Å². The van der Waals surface area contributed by atoms with Gasteiger partial charge in [-0.2, -0.15) is 0 Å². The molecule has 3 fully saturated rings. The Morgan fingerprint density at radius 3 is 1.64 bits per heavy atom. The van der Waals surface area contributed by atoms with Crippen LogP contribution in [-0.4, -0.2) is 134 Å². The van der Waals surface area contributed by atoms with Crippen LogP contribution in [0.3, 0.4) is 0 Å². The Morgan fingerprint density at radius 1 is 0.536 bits per heavy atom. The molecule has 13 heteroatoms. The minimum atomic E-state index is -1.61. The molecule has 0 spiro atoms. The smallest absolute Gasteiger partial charge is 0.187 e. The van der Waals surface area contributed by atoms with E-state index in [1.165, 1.54) is 0 Å². The molecule has 0 saturated carbocycles. The van der Waals surface area contributed by atoms with Crippen molar-refractivity contribution in [3.63, 3.8) is 0 Å². The zero-order chi connectivity index (χ0) is 20.6. The lowest BCUT2D eigenvalue weighted by molar-refractivity contribution is -0.263. The van der Waals surface area contributed by atoms with Crippen LogP contribution in [0.2, 0.25) is 0 Å². The number of hydrogen-bond donors (Lipinski definition) is 8. The van der Waals surface area contributed by atoms with Gasteiger partial charge in [-0.15, -0.1) is 0 Å². The Labute approximate surface area is 159 Å². The average molecular weight is 414 g/mol. The Bertz CT molecular complexity index is 508. The van der Waals surface area contributed by atoms with E-state index in [9.17, 15) is 35.7 Å². The van der Waals surface area contributed by atoms with Gasteiger partial charge >= 0.3 is 0 Å². The molecule has 3 aliphatic rings. The van der Waals surface area contributed by atoms with Crippen LogP contribution < -0.4 is 0 Å². The topological polar surface area (TPSA) is 208 Å². The number of hydrogen-bond acceptors (Lipinski definition) is 13. The molecule has 12 atom stereocenters. The molecule has 0 amide bonds. The average Bonchev–Trinajstić information content (AvgIpc) is 3.25. The maximum Gasteiger partial charge on any atom is 0.187 e. The Balaban J connectivity index is 1.72. The van der Waals surface area contributed by atoms with E-state index < -0.39 is 93.6 Å². The Kier molecular flexibility index (Phi) is 7.20. The first kappa shape index (κ1) is 22.2. The van der Waals surface area contributed by atoms with Crippen LogP contribution in [0.1, 0.15) is 0 Å². The summed E-state index contributed by atoms with van der Waals surface area (Å²) < 4.78 is 26.5. The van der Waals surface area contributed by atoms with Crippen molar-refractivity contribution in [1.29, 1.82) is 0 Å². The first-order valence-electron chi connectivity index (χ1n) is 8.82. The summed E-state index contributed by atoms with van der Waals surface area (Å²) in [5, 5.41) is 77.5. The van der Waals surface area contributed by atoms with Crippen LogP contribution >= 0.6 is 0 Å². The molecule has 0 aromatic carbocycles. The minimum absolute atomic E-state index is 0.581. The standard InChI is InChI=1S/C15H26O13/c16-1-4-7(19)9(21)14(25-4)28-12-8(20)5(2-17)26-15(12)27-11-6(3-18)24-13(23)10(11)22/h4-23H,1-3H2/t4-,5-,6-,7-,8-,9+,10+,11-,12+,13+,14+,15-/m1/s1. The van der Waals surface area contributed by atoms with Crippen molar-refractivity contribution in [2.75, 3.05) is 19.8 Å². The lowest BCUT2D eigenvalue weighted by Gasteiger charge is -2.29. The van der Waals surface area contributed by atoms with Gasteiger partial charge in [0.1, 0.15) is 54.9 Å². The van der Waals surface area contributed by atoms with Crippen LogP contribution in [0.4, 0.5) is 0 Å². The van der Waals surface area contributed by atoms with Crippen molar-refractivity contribution >= 4 is 0 Å².